The van der Waals surface area contributed by atoms with Crippen LogP contribution in [-0.2, 0) is 6.54 Å². The Morgan fingerprint density at radius 2 is 1.81 bits per heavy atom. The van der Waals surface area contributed by atoms with Gasteiger partial charge in [0.05, 0.1) is 12.4 Å². The smallest absolute Gasteiger partial charge is 0.147 e. The Bertz CT molecular complexity index is 442. The Balaban J connectivity index is 1.99. The molecule has 0 amide bonds. The van der Waals surface area contributed by atoms with E-state index in [1.807, 2.05) is 25.2 Å². The number of aromatic nitrogens is 2. The second kappa shape index (κ2) is 5.11. The van der Waals surface area contributed by atoms with Crippen molar-refractivity contribution < 1.29 is 0 Å². The second-order valence-corrected chi connectivity index (χ2v) is 3.38. The van der Waals surface area contributed by atoms with E-state index in [1.54, 1.807) is 12.4 Å². The summed E-state index contributed by atoms with van der Waals surface area (Å²) in [7, 11) is 1.82. The molecule has 1 heterocycles. The third-order valence-electron chi connectivity index (χ3n) is 2.21. The number of rotatable bonds is 4. The first-order valence-corrected chi connectivity index (χ1v) is 5.16. The summed E-state index contributed by atoms with van der Waals surface area (Å²) in [6.45, 7) is 0.753. The summed E-state index contributed by atoms with van der Waals surface area (Å²) in [5.41, 5.74) is 1.22. The van der Waals surface area contributed by atoms with Gasteiger partial charge >= 0.3 is 0 Å². The van der Waals surface area contributed by atoms with Crippen molar-refractivity contribution in [1.82, 2.24) is 9.97 Å². The summed E-state index contributed by atoms with van der Waals surface area (Å²) >= 11 is 0. The average Bonchev–Trinajstić information content (AvgIpc) is 2.38. The number of anilines is 2. The maximum atomic E-state index is 4.32. The van der Waals surface area contributed by atoms with Crippen LogP contribution in [0.2, 0.25) is 0 Å². The molecule has 16 heavy (non-hydrogen) atoms. The van der Waals surface area contributed by atoms with Gasteiger partial charge in [-0.15, -0.1) is 0 Å². The Morgan fingerprint density at radius 3 is 2.56 bits per heavy atom. The first kappa shape index (κ1) is 10.4. The Hall–Kier alpha value is -2.10. The van der Waals surface area contributed by atoms with Crippen LogP contribution in [0.1, 0.15) is 5.56 Å². The SMILES string of the molecule is CNc1cncc(NCc2ccccc2)n1. The van der Waals surface area contributed by atoms with E-state index < -0.39 is 0 Å². The van der Waals surface area contributed by atoms with Crippen molar-refractivity contribution in [2.45, 2.75) is 6.54 Å². The monoisotopic (exact) mass is 214 g/mol. The fraction of sp³-hybridized carbons (Fsp3) is 0.167. The molecule has 2 rings (SSSR count). The zero-order valence-electron chi connectivity index (χ0n) is 9.14. The van der Waals surface area contributed by atoms with Gasteiger partial charge in [-0.1, -0.05) is 30.3 Å². The maximum absolute atomic E-state index is 4.32. The van der Waals surface area contributed by atoms with Crippen LogP contribution >= 0.6 is 0 Å². The molecular formula is C12H14N4. The van der Waals surface area contributed by atoms with Crippen LogP contribution in [0, 0.1) is 0 Å². The van der Waals surface area contributed by atoms with Crippen molar-refractivity contribution in [3.05, 3.63) is 48.3 Å². The molecule has 0 spiro atoms. The molecule has 0 radical (unpaired) electrons. The zero-order chi connectivity index (χ0) is 11.2. The Morgan fingerprint density at radius 1 is 1.06 bits per heavy atom. The topological polar surface area (TPSA) is 49.8 Å². The molecule has 0 aliphatic heterocycles. The minimum Gasteiger partial charge on any atom is -0.372 e. The van der Waals surface area contributed by atoms with Crippen LogP contribution in [0.4, 0.5) is 11.6 Å². The number of nitrogens with zero attached hydrogens (tertiary/aromatic N) is 2. The van der Waals surface area contributed by atoms with Crippen LogP contribution in [0.25, 0.3) is 0 Å². The summed E-state index contributed by atoms with van der Waals surface area (Å²) in [5.74, 6) is 1.54. The van der Waals surface area contributed by atoms with Gasteiger partial charge in [-0.25, -0.2) is 4.98 Å². The molecule has 2 aromatic rings. The highest BCUT2D eigenvalue weighted by Crippen LogP contribution is 2.07. The van der Waals surface area contributed by atoms with E-state index >= 15 is 0 Å². The molecule has 0 atom stereocenters. The zero-order valence-corrected chi connectivity index (χ0v) is 9.14. The molecule has 0 aliphatic rings. The average molecular weight is 214 g/mol. The van der Waals surface area contributed by atoms with E-state index in [4.69, 9.17) is 0 Å². The minimum atomic E-state index is 0.753. The number of benzene rings is 1. The molecule has 4 nitrogen and oxygen atoms in total. The first-order chi connectivity index (χ1) is 7.88. The molecule has 0 saturated heterocycles. The van der Waals surface area contributed by atoms with Crippen molar-refractivity contribution in [2.24, 2.45) is 0 Å². The van der Waals surface area contributed by atoms with Gasteiger partial charge in [-0.3, -0.25) is 4.98 Å². The van der Waals surface area contributed by atoms with Gasteiger partial charge in [-0.2, -0.15) is 0 Å². The van der Waals surface area contributed by atoms with Crippen LogP contribution in [0.5, 0.6) is 0 Å². The molecule has 0 bridgehead atoms. The molecule has 0 saturated carbocycles. The molecule has 2 N–H and O–H groups in total. The first-order valence-electron chi connectivity index (χ1n) is 5.16. The molecule has 0 fully saturated rings. The fourth-order valence-corrected chi connectivity index (χ4v) is 1.36. The van der Waals surface area contributed by atoms with E-state index in [1.165, 1.54) is 5.56 Å². The van der Waals surface area contributed by atoms with Crippen molar-refractivity contribution in [2.75, 3.05) is 17.7 Å². The molecule has 1 aromatic heterocycles. The van der Waals surface area contributed by atoms with Gasteiger partial charge < -0.3 is 10.6 Å². The Kier molecular flexibility index (Phi) is 3.33. The lowest BCUT2D eigenvalue weighted by Crippen LogP contribution is -2.03. The van der Waals surface area contributed by atoms with Crippen molar-refractivity contribution in [3.8, 4) is 0 Å². The van der Waals surface area contributed by atoms with Crippen LogP contribution < -0.4 is 10.6 Å². The molecule has 82 valence electrons. The van der Waals surface area contributed by atoms with E-state index in [2.05, 4.69) is 32.7 Å². The molecule has 0 unspecified atom stereocenters. The van der Waals surface area contributed by atoms with Gasteiger partial charge in [0.1, 0.15) is 11.6 Å². The summed E-state index contributed by atoms with van der Waals surface area (Å²) in [4.78, 5) is 8.40. The fourth-order valence-electron chi connectivity index (χ4n) is 1.36. The number of hydrogen-bond donors (Lipinski definition) is 2. The molecule has 0 aliphatic carbocycles. The predicted octanol–water partition coefficient (Wildman–Crippen LogP) is 2.13. The van der Waals surface area contributed by atoms with E-state index in [0.717, 1.165) is 18.2 Å². The van der Waals surface area contributed by atoms with Crippen molar-refractivity contribution in [3.63, 3.8) is 0 Å². The van der Waals surface area contributed by atoms with Gasteiger partial charge in [0.15, 0.2) is 0 Å². The standard InChI is InChI=1S/C12H14N4/c1-13-11-8-14-9-12(16-11)15-7-10-5-3-2-4-6-10/h2-6,8-9H,7H2,1H3,(H2,13,15,16). The lowest BCUT2D eigenvalue weighted by Gasteiger charge is -2.06. The van der Waals surface area contributed by atoms with E-state index in [-0.39, 0.29) is 0 Å². The lowest BCUT2D eigenvalue weighted by atomic mass is 10.2. The highest BCUT2D eigenvalue weighted by molar-refractivity contribution is 5.41. The van der Waals surface area contributed by atoms with E-state index in [0.29, 0.717) is 0 Å². The molecule has 1 aromatic carbocycles. The summed E-state index contributed by atoms with van der Waals surface area (Å²) in [5, 5.41) is 6.17. The summed E-state index contributed by atoms with van der Waals surface area (Å²) < 4.78 is 0. The lowest BCUT2D eigenvalue weighted by molar-refractivity contribution is 1.08. The van der Waals surface area contributed by atoms with Gasteiger partial charge in [-0.05, 0) is 5.56 Å². The summed E-state index contributed by atoms with van der Waals surface area (Å²) in [6.07, 6.45) is 3.40. The third-order valence-corrected chi connectivity index (χ3v) is 2.21. The number of hydrogen-bond acceptors (Lipinski definition) is 4. The maximum Gasteiger partial charge on any atom is 0.147 e. The second-order valence-electron chi connectivity index (χ2n) is 3.38. The third kappa shape index (κ3) is 2.70. The number of nitrogens with one attached hydrogen (secondary N) is 2. The van der Waals surface area contributed by atoms with Gasteiger partial charge in [0, 0.05) is 13.6 Å². The van der Waals surface area contributed by atoms with Crippen LogP contribution in [0.3, 0.4) is 0 Å². The normalized spacial score (nSPS) is 9.81. The largest absolute Gasteiger partial charge is 0.372 e. The predicted molar refractivity (Wildman–Crippen MR) is 65.3 cm³/mol. The van der Waals surface area contributed by atoms with Crippen LogP contribution in [-0.4, -0.2) is 17.0 Å². The quantitative estimate of drug-likeness (QED) is 0.818. The Labute approximate surface area is 94.8 Å². The molecule has 4 heteroatoms. The van der Waals surface area contributed by atoms with Gasteiger partial charge in [0.25, 0.3) is 0 Å². The van der Waals surface area contributed by atoms with Gasteiger partial charge in [0.2, 0.25) is 0 Å². The van der Waals surface area contributed by atoms with Crippen molar-refractivity contribution in [1.29, 1.82) is 0 Å². The minimum absolute atomic E-state index is 0.753. The highest BCUT2D eigenvalue weighted by Gasteiger charge is 1.96. The van der Waals surface area contributed by atoms with E-state index in [9.17, 15) is 0 Å². The highest BCUT2D eigenvalue weighted by atomic mass is 15.1. The van der Waals surface area contributed by atoms with Crippen molar-refractivity contribution >= 4 is 11.6 Å². The summed E-state index contributed by atoms with van der Waals surface area (Å²) in [6, 6.07) is 10.2. The van der Waals surface area contributed by atoms with Crippen LogP contribution in [0.15, 0.2) is 42.7 Å². The molecular weight excluding hydrogens is 200 g/mol.